The van der Waals surface area contributed by atoms with Crippen LogP contribution in [0.1, 0.15) is 42.5 Å². The Morgan fingerprint density at radius 2 is 2.00 bits per heavy atom. The van der Waals surface area contributed by atoms with Crippen LogP contribution in [0, 0.1) is 0 Å². The average molecular weight is 340 g/mol. The molecule has 2 aliphatic carbocycles. The molecule has 22 heavy (non-hydrogen) atoms. The minimum atomic E-state index is 0. The lowest BCUT2D eigenvalue weighted by atomic mass is 9.93. The Kier molecular flexibility index (Phi) is 4.85. The van der Waals surface area contributed by atoms with Crippen molar-refractivity contribution in [1.82, 2.24) is 15.3 Å². The molecule has 2 aromatic heterocycles. The fraction of sp³-hybridized carbons (Fsp3) is 0.625. The van der Waals surface area contributed by atoms with Crippen LogP contribution in [0.25, 0.3) is 10.2 Å². The molecule has 0 unspecified atom stereocenters. The number of rotatable bonds is 3. The van der Waals surface area contributed by atoms with Gasteiger partial charge in [0.05, 0.1) is 5.39 Å². The zero-order valence-corrected chi connectivity index (χ0v) is 14.4. The number of halogens is 1. The van der Waals surface area contributed by atoms with Crippen molar-refractivity contribution in [3.8, 4) is 5.88 Å². The van der Waals surface area contributed by atoms with Gasteiger partial charge in [-0.3, -0.25) is 0 Å². The second-order valence-corrected chi connectivity index (χ2v) is 7.18. The van der Waals surface area contributed by atoms with Crippen LogP contribution in [0.3, 0.4) is 0 Å². The van der Waals surface area contributed by atoms with Crippen LogP contribution in [-0.4, -0.2) is 29.2 Å². The van der Waals surface area contributed by atoms with Gasteiger partial charge in [0.25, 0.3) is 0 Å². The Morgan fingerprint density at radius 3 is 2.77 bits per heavy atom. The number of fused-ring (bicyclic) bond motifs is 3. The molecule has 0 atom stereocenters. The van der Waals surface area contributed by atoms with Gasteiger partial charge in [0.1, 0.15) is 17.3 Å². The van der Waals surface area contributed by atoms with E-state index in [-0.39, 0.29) is 12.4 Å². The number of aromatic nitrogens is 2. The van der Waals surface area contributed by atoms with E-state index in [2.05, 4.69) is 22.3 Å². The fourth-order valence-electron chi connectivity index (χ4n) is 3.62. The molecular weight excluding hydrogens is 318 g/mol. The van der Waals surface area contributed by atoms with Gasteiger partial charge < -0.3 is 10.1 Å². The molecule has 1 fully saturated rings. The molecule has 2 heterocycles. The predicted octanol–water partition coefficient (Wildman–Crippen LogP) is 3.51. The molecule has 2 aromatic rings. The van der Waals surface area contributed by atoms with Crippen molar-refractivity contribution in [2.24, 2.45) is 0 Å². The highest BCUT2D eigenvalue weighted by Gasteiger charge is 2.25. The lowest BCUT2D eigenvalue weighted by Gasteiger charge is -2.28. The van der Waals surface area contributed by atoms with E-state index in [1.807, 2.05) is 11.3 Å². The fourth-order valence-corrected chi connectivity index (χ4v) is 4.84. The maximum Gasteiger partial charge on any atom is 0.225 e. The Hall–Kier alpha value is -0.910. The van der Waals surface area contributed by atoms with Crippen LogP contribution in [0.5, 0.6) is 5.88 Å². The summed E-state index contributed by atoms with van der Waals surface area (Å²) in [6.45, 7) is 0. The number of thiophene rings is 1. The van der Waals surface area contributed by atoms with Crippen LogP contribution in [-0.2, 0) is 12.8 Å². The van der Waals surface area contributed by atoms with Crippen molar-refractivity contribution in [2.75, 3.05) is 7.05 Å². The molecule has 1 N–H and O–H groups in total. The van der Waals surface area contributed by atoms with Crippen molar-refractivity contribution in [1.29, 1.82) is 0 Å². The molecule has 0 bridgehead atoms. The predicted molar refractivity (Wildman–Crippen MR) is 92.4 cm³/mol. The van der Waals surface area contributed by atoms with E-state index in [9.17, 15) is 0 Å². The number of nitrogens with zero attached hydrogens (tertiary/aromatic N) is 2. The highest BCUT2D eigenvalue weighted by Crippen LogP contribution is 2.40. The van der Waals surface area contributed by atoms with Gasteiger partial charge in [-0.05, 0) is 57.6 Å². The maximum absolute atomic E-state index is 6.27. The van der Waals surface area contributed by atoms with Crippen LogP contribution >= 0.6 is 23.7 Å². The summed E-state index contributed by atoms with van der Waals surface area (Å²) < 4.78 is 6.27. The van der Waals surface area contributed by atoms with Gasteiger partial charge in [-0.1, -0.05) is 0 Å². The summed E-state index contributed by atoms with van der Waals surface area (Å²) in [6, 6.07) is 0.653. The largest absolute Gasteiger partial charge is 0.474 e. The van der Waals surface area contributed by atoms with Crippen LogP contribution in [0.15, 0.2) is 6.33 Å². The minimum Gasteiger partial charge on any atom is -0.474 e. The summed E-state index contributed by atoms with van der Waals surface area (Å²) in [5, 5.41) is 4.57. The Balaban J connectivity index is 0.00000144. The molecule has 0 amide bonds. The molecule has 0 aliphatic heterocycles. The molecule has 4 nitrogen and oxygen atoms in total. The first-order chi connectivity index (χ1) is 10.3. The number of hydrogen-bond donors (Lipinski definition) is 1. The third-order valence-electron chi connectivity index (χ3n) is 4.83. The molecule has 1 saturated carbocycles. The molecule has 120 valence electrons. The summed E-state index contributed by atoms with van der Waals surface area (Å²) in [4.78, 5) is 11.5. The van der Waals surface area contributed by atoms with E-state index in [0.717, 1.165) is 30.0 Å². The van der Waals surface area contributed by atoms with Gasteiger partial charge in [0, 0.05) is 10.9 Å². The van der Waals surface area contributed by atoms with Crippen molar-refractivity contribution in [2.45, 2.75) is 57.1 Å². The zero-order valence-electron chi connectivity index (χ0n) is 12.8. The highest BCUT2D eigenvalue weighted by atomic mass is 35.5. The number of nitrogens with one attached hydrogen (secondary N) is 1. The third-order valence-corrected chi connectivity index (χ3v) is 6.03. The highest BCUT2D eigenvalue weighted by molar-refractivity contribution is 7.18. The van der Waals surface area contributed by atoms with E-state index < -0.39 is 0 Å². The number of aryl methyl sites for hydroxylation is 2. The van der Waals surface area contributed by atoms with Crippen molar-refractivity contribution in [3.05, 3.63) is 16.8 Å². The Bertz CT molecular complexity index is 652. The van der Waals surface area contributed by atoms with Gasteiger partial charge in [-0.15, -0.1) is 23.7 Å². The number of hydrogen-bond acceptors (Lipinski definition) is 5. The molecule has 0 radical (unpaired) electrons. The van der Waals surface area contributed by atoms with Gasteiger partial charge in [0.15, 0.2) is 0 Å². The molecule has 4 rings (SSSR count). The van der Waals surface area contributed by atoms with E-state index in [1.165, 1.54) is 41.5 Å². The van der Waals surface area contributed by atoms with Crippen LogP contribution < -0.4 is 10.1 Å². The smallest absolute Gasteiger partial charge is 0.225 e. The first-order valence-electron chi connectivity index (χ1n) is 7.94. The van der Waals surface area contributed by atoms with Crippen molar-refractivity contribution >= 4 is 34.0 Å². The van der Waals surface area contributed by atoms with Crippen molar-refractivity contribution in [3.63, 3.8) is 0 Å². The maximum atomic E-state index is 6.27. The van der Waals surface area contributed by atoms with Gasteiger partial charge >= 0.3 is 0 Å². The normalized spacial score (nSPS) is 24.0. The average Bonchev–Trinajstić information content (AvgIpc) is 3.09. The Morgan fingerprint density at radius 1 is 1.18 bits per heavy atom. The number of ether oxygens (including phenoxy) is 1. The molecule has 0 spiro atoms. The van der Waals surface area contributed by atoms with E-state index in [1.54, 1.807) is 6.33 Å². The first kappa shape index (κ1) is 16.0. The van der Waals surface area contributed by atoms with Crippen LogP contribution in [0.4, 0.5) is 0 Å². The summed E-state index contributed by atoms with van der Waals surface area (Å²) in [6.07, 6.45) is 10.2. The summed E-state index contributed by atoms with van der Waals surface area (Å²) in [7, 11) is 2.05. The lowest BCUT2D eigenvalue weighted by molar-refractivity contribution is 0.138. The Labute approximate surface area is 141 Å². The van der Waals surface area contributed by atoms with E-state index >= 15 is 0 Å². The monoisotopic (exact) mass is 339 g/mol. The molecular formula is C16H22ClN3OS. The summed E-state index contributed by atoms with van der Waals surface area (Å²) in [5.74, 6) is 0.826. The summed E-state index contributed by atoms with van der Waals surface area (Å²) >= 11 is 1.83. The molecule has 2 aliphatic rings. The van der Waals surface area contributed by atoms with Gasteiger partial charge in [0.2, 0.25) is 5.88 Å². The summed E-state index contributed by atoms with van der Waals surface area (Å²) in [5.41, 5.74) is 1.45. The first-order valence-corrected chi connectivity index (χ1v) is 8.76. The molecule has 0 aromatic carbocycles. The van der Waals surface area contributed by atoms with E-state index in [0.29, 0.717) is 12.1 Å². The van der Waals surface area contributed by atoms with Crippen molar-refractivity contribution < 1.29 is 4.74 Å². The minimum absolute atomic E-state index is 0. The second-order valence-electron chi connectivity index (χ2n) is 6.10. The topological polar surface area (TPSA) is 47.0 Å². The van der Waals surface area contributed by atoms with Gasteiger partial charge in [-0.25, -0.2) is 9.97 Å². The lowest BCUT2D eigenvalue weighted by Crippen LogP contribution is -2.34. The van der Waals surface area contributed by atoms with E-state index in [4.69, 9.17) is 4.74 Å². The van der Waals surface area contributed by atoms with Crippen LogP contribution in [0.2, 0.25) is 0 Å². The quantitative estimate of drug-likeness (QED) is 0.929. The molecule has 0 saturated heterocycles. The zero-order chi connectivity index (χ0) is 14.2. The standard InChI is InChI=1S/C16H21N3OS.ClH/c1-17-10-5-7-11(8-6-10)20-15-14-12-3-2-4-13(12)21-16(14)19-9-18-15;/h9-11,17H,2-8H2,1H3;1H. The second kappa shape index (κ2) is 6.69. The molecule has 6 heteroatoms. The third kappa shape index (κ3) is 2.82. The SMILES string of the molecule is CNC1CCC(Oc2ncnc3sc4c(c23)CCC4)CC1.Cl. The van der Waals surface area contributed by atoms with Gasteiger partial charge in [-0.2, -0.15) is 0 Å².